The smallest absolute Gasteiger partial charge is 0.250 e. The molecule has 1 N–H and O–H groups in total. The molecule has 2 bridgehead atoms. The molecule has 2 aromatic rings. The minimum Gasteiger partial charge on any atom is -0.469 e. The summed E-state index contributed by atoms with van der Waals surface area (Å²) in [5.41, 5.74) is 1.08. The molecule has 2 amide bonds. The standard InChI is InChI=1S/C25H31N3O4/c29-23(26-21-6-1-4-18(21)13-20-5-3-11-32-20)9-10-24(30)27-14-17-12-19(16-27)22-7-2-8-25(31)28(22)15-17/h2-3,5,7-8,11,17-19,21H,1,4,6,9-10,12-16H2,(H,26,29)/t17-,18-,19-,21+/m1/s1. The van der Waals surface area contributed by atoms with Crippen LogP contribution in [0.15, 0.2) is 45.8 Å². The predicted octanol–water partition coefficient (Wildman–Crippen LogP) is 2.69. The second kappa shape index (κ2) is 8.96. The maximum atomic E-state index is 12.9. The van der Waals surface area contributed by atoms with Crippen LogP contribution in [0.25, 0.3) is 0 Å². The Morgan fingerprint density at radius 2 is 1.97 bits per heavy atom. The Morgan fingerprint density at radius 3 is 2.81 bits per heavy atom. The van der Waals surface area contributed by atoms with Gasteiger partial charge in [0, 0.05) is 62.6 Å². The lowest BCUT2D eigenvalue weighted by Gasteiger charge is -2.42. The lowest BCUT2D eigenvalue weighted by Crippen LogP contribution is -2.49. The van der Waals surface area contributed by atoms with Gasteiger partial charge in [-0.1, -0.05) is 12.5 Å². The van der Waals surface area contributed by atoms with Gasteiger partial charge in [0.05, 0.1) is 6.26 Å². The summed E-state index contributed by atoms with van der Waals surface area (Å²) < 4.78 is 7.34. The molecule has 4 atom stereocenters. The first kappa shape index (κ1) is 21.0. The van der Waals surface area contributed by atoms with Gasteiger partial charge in [0.15, 0.2) is 0 Å². The molecule has 0 aromatic carbocycles. The monoisotopic (exact) mass is 437 g/mol. The summed E-state index contributed by atoms with van der Waals surface area (Å²) in [5, 5.41) is 3.17. The Morgan fingerprint density at radius 1 is 1.06 bits per heavy atom. The zero-order chi connectivity index (χ0) is 22.1. The molecule has 7 heteroatoms. The average Bonchev–Trinajstić information content (AvgIpc) is 3.45. The molecule has 0 spiro atoms. The topological polar surface area (TPSA) is 84.5 Å². The van der Waals surface area contributed by atoms with Gasteiger partial charge >= 0.3 is 0 Å². The molecule has 1 aliphatic carbocycles. The van der Waals surface area contributed by atoms with Gasteiger partial charge in [0.1, 0.15) is 5.76 Å². The predicted molar refractivity (Wildman–Crippen MR) is 119 cm³/mol. The number of hydrogen-bond donors (Lipinski definition) is 1. The molecule has 1 saturated heterocycles. The maximum Gasteiger partial charge on any atom is 0.250 e. The number of carbonyl (C=O) groups is 2. The van der Waals surface area contributed by atoms with Crippen molar-refractivity contribution in [2.24, 2.45) is 11.8 Å². The normalized spacial score (nSPS) is 26.6. The van der Waals surface area contributed by atoms with Gasteiger partial charge in [-0.05, 0) is 49.3 Å². The van der Waals surface area contributed by atoms with Crippen LogP contribution in [0.3, 0.4) is 0 Å². The van der Waals surface area contributed by atoms with Gasteiger partial charge in [0.2, 0.25) is 11.8 Å². The number of amides is 2. The minimum absolute atomic E-state index is 0.0382. The van der Waals surface area contributed by atoms with Crippen LogP contribution in [-0.4, -0.2) is 40.4 Å². The summed E-state index contributed by atoms with van der Waals surface area (Å²) in [7, 11) is 0. The Balaban J connectivity index is 1.13. The quantitative estimate of drug-likeness (QED) is 0.753. The van der Waals surface area contributed by atoms with Crippen molar-refractivity contribution in [1.29, 1.82) is 0 Å². The van der Waals surface area contributed by atoms with E-state index in [1.165, 1.54) is 0 Å². The molecule has 0 unspecified atom stereocenters. The van der Waals surface area contributed by atoms with E-state index in [1.54, 1.807) is 12.3 Å². The number of nitrogens with zero attached hydrogens (tertiary/aromatic N) is 2. The van der Waals surface area contributed by atoms with E-state index in [1.807, 2.05) is 33.7 Å². The van der Waals surface area contributed by atoms with Crippen molar-refractivity contribution in [2.45, 2.75) is 63.5 Å². The molecule has 1 saturated carbocycles. The van der Waals surface area contributed by atoms with E-state index in [-0.39, 0.29) is 42.2 Å². The van der Waals surface area contributed by atoms with Crippen molar-refractivity contribution >= 4 is 11.8 Å². The minimum atomic E-state index is -0.0382. The first-order valence-corrected chi connectivity index (χ1v) is 11.9. The fraction of sp³-hybridized carbons (Fsp3) is 0.560. The second-order valence-corrected chi connectivity index (χ2v) is 9.65. The maximum absolute atomic E-state index is 12.9. The van der Waals surface area contributed by atoms with Crippen LogP contribution in [0.4, 0.5) is 0 Å². The van der Waals surface area contributed by atoms with Crippen LogP contribution in [-0.2, 0) is 22.6 Å². The van der Waals surface area contributed by atoms with Crippen LogP contribution < -0.4 is 10.9 Å². The van der Waals surface area contributed by atoms with E-state index >= 15 is 0 Å². The number of aromatic nitrogens is 1. The van der Waals surface area contributed by atoms with Crippen molar-refractivity contribution in [2.75, 3.05) is 13.1 Å². The summed E-state index contributed by atoms with van der Waals surface area (Å²) in [4.78, 5) is 39.6. The van der Waals surface area contributed by atoms with Gasteiger partial charge in [-0.15, -0.1) is 0 Å². The molecular weight excluding hydrogens is 406 g/mol. The third-order valence-electron chi connectivity index (χ3n) is 7.45. The number of rotatable bonds is 6. The van der Waals surface area contributed by atoms with Gasteiger partial charge in [-0.25, -0.2) is 0 Å². The highest BCUT2D eigenvalue weighted by molar-refractivity contribution is 5.84. The second-order valence-electron chi connectivity index (χ2n) is 9.65. The van der Waals surface area contributed by atoms with Crippen LogP contribution >= 0.6 is 0 Å². The highest BCUT2D eigenvalue weighted by atomic mass is 16.3. The van der Waals surface area contributed by atoms with E-state index < -0.39 is 0 Å². The molecule has 7 nitrogen and oxygen atoms in total. The van der Waals surface area contributed by atoms with Gasteiger partial charge in [0.25, 0.3) is 5.56 Å². The summed E-state index contributed by atoms with van der Waals surface area (Å²) >= 11 is 0. The first-order chi connectivity index (χ1) is 15.6. The molecule has 2 fully saturated rings. The van der Waals surface area contributed by atoms with E-state index in [0.717, 1.165) is 43.6 Å². The molecule has 0 radical (unpaired) electrons. The Bertz CT molecular complexity index is 1030. The molecule has 4 heterocycles. The van der Waals surface area contributed by atoms with Gasteiger partial charge in [-0.3, -0.25) is 14.4 Å². The molecule has 2 aliphatic heterocycles. The number of furan rings is 1. The van der Waals surface area contributed by atoms with Crippen LogP contribution in [0.2, 0.25) is 0 Å². The molecule has 32 heavy (non-hydrogen) atoms. The highest BCUT2D eigenvalue weighted by Crippen LogP contribution is 2.35. The number of pyridine rings is 1. The van der Waals surface area contributed by atoms with Crippen LogP contribution in [0, 0.1) is 11.8 Å². The first-order valence-electron chi connectivity index (χ1n) is 11.9. The van der Waals surface area contributed by atoms with Crippen molar-refractivity contribution in [1.82, 2.24) is 14.8 Å². The number of hydrogen-bond acceptors (Lipinski definition) is 4. The van der Waals surface area contributed by atoms with Crippen molar-refractivity contribution in [3.8, 4) is 0 Å². The Kier molecular flexibility index (Phi) is 5.89. The van der Waals surface area contributed by atoms with Gasteiger partial charge < -0.3 is 19.2 Å². The number of nitrogens with one attached hydrogen (secondary N) is 1. The molecule has 3 aliphatic rings. The van der Waals surface area contributed by atoms with E-state index in [0.29, 0.717) is 31.5 Å². The highest BCUT2D eigenvalue weighted by Gasteiger charge is 2.36. The van der Waals surface area contributed by atoms with Crippen LogP contribution in [0.5, 0.6) is 0 Å². The zero-order valence-corrected chi connectivity index (χ0v) is 18.4. The summed E-state index contributed by atoms with van der Waals surface area (Å²) in [5.74, 6) is 1.87. The summed E-state index contributed by atoms with van der Waals surface area (Å²) in [6, 6.07) is 9.46. The Hall–Kier alpha value is -2.83. The number of fused-ring (bicyclic) bond motifs is 4. The van der Waals surface area contributed by atoms with Crippen LogP contribution in [0.1, 0.15) is 55.9 Å². The third-order valence-corrected chi connectivity index (χ3v) is 7.45. The fourth-order valence-corrected chi connectivity index (χ4v) is 5.92. The number of carbonyl (C=O) groups excluding carboxylic acids is 2. The van der Waals surface area contributed by atoms with Crippen molar-refractivity contribution < 1.29 is 14.0 Å². The SMILES string of the molecule is O=C(CCC(=O)N1C[C@H]2C[C@H](C1)c1cccc(=O)n1C2)N[C@H]1CCC[C@@H]1Cc1ccco1. The lowest BCUT2D eigenvalue weighted by atomic mass is 9.83. The summed E-state index contributed by atoms with van der Waals surface area (Å²) in [6.45, 7) is 1.98. The zero-order valence-electron chi connectivity index (χ0n) is 18.4. The van der Waals surface area contributed by atoms with Gasteiger partial charge in [-0.2, -0.15) is 0 Å². The molecular formula is C25H31N3O4. The van der Waals surface area contributed by atoms with Crippen molar-refractivity contribution in [3.05, 3.63) is 58.4 Å². The molecule has 170 valence electrons. The lowest BCUT2D eigenvalue weighted by molar-refractivity contribution is -0.136. The van der Waals surface area contributed by atoms with E-state index in [9.17, 15) is 14.4 Å². The fourth-order valence-electron chi connectivity index (χ4n) is 5.92. The summed E-state index contributed by atoms with van der Waals surface area (Å²) in [6.07, 6.45) is 7.20. The molecule has 5 rings (SSSR count). The van der Waals surface area contributed by atoms with Crippen molar-refractivity contribution in [3.63, 3.8) is 0 Å². The number of likely N-dealkylation sites (tertiary alicyclic amines) is 1. The van der Waals surface area contributed by atoms with E-state index in [4.69, 9.17) is 4.42 Å². The average molecular weight is 438 g/mol. The largest absolute Gasteiger partial charge is 0.469 e. The van der Waals surface area contributed by atoms with E-state index in [2.05, 4.69) is 5.32 Å². The molecule has 2 aromatic heterocycles. The number of piperidine rings is 1. The third kappa shape index (κ3) is 4.38. The Labute approximate surface area is 187 Å².